The van der Waals surface area contributed by atoms with Crippen LogP contribution in [0.15, 0.2) is 24.3 Å². The van der Waals surface area contributed by atoms with Gasteiger partial charge in [-0.15, -0.1) is 0 Å². The molecule has 26 heavy (non-hydrogen) atoms. The molecule has 1 aromatic carbocycles. The Bertz CT molecular complexity index is 704. The third kappa shape index (κ3) is 3.50. The van der Waals surface area contributed by atoms with Gasteiger partial charge < -0.3 is 25.6 Å². The van der Waals surface area contributed by atoms with Crippen LogP contribution in [0.3, 0.4) is 0 Å². The second-order valence-electron chi connectivity index (χ2n) is 6.73. The number of methoxy groups -OCH3 is 1. The molecule has 0 bridgehead atoms. The number of carbonyl (C=O) groups excluding carboxylic acids is 3. The average molecular weight is 360 g/mol. The SMILES string of the molecule is COc1ccc(CC2NC(=O)C3CN(C(=O)C(C)N)CCN3C2=O)cc1. The van der Waals surface area contributed by atoms with Gasteiger partial charge in [0.15, 0.2) is 0 Å². The first-order valence-corrected chi connectivity index (χ1v) is 8.69. The van der Waals surface area contributed by atoms with Crippen LogP contribution >= 0.6 is 0 Å². The standard InChI is InChI=1S/C18H24N4O4/c1-11(19)17(24)21-7-8-22-15(10-21)16(23)20-14(18(22)25)9-12-3-5-13(26-2)6-4-12/h3-6,11,14-15H,7-10,19H2,1-2H3,(H,20,23). The minimum absolute atomic E-state index is 0.113. The second kappa shape index (κ2) is 7.33. The van der Waals surface area contributed by atoms with Crippen molar-refractivity contribution in [2.24, 2.45) is 5.73 Å². The Hall–Kier alpha value is -2.61. The molecule has 2 saturated heterocycles. The molecule has 2 fully saturated rings. The van der Waals surface area contributed by atoms with Crippen LogP contribution in [-0.4, -0.2) is 72.4 Å². The summed E-state index contributed by atoms with van der Waals surface area (Å²) in [7, 11) is 1.59. The van der Waals surface area contributed by atoms with E-state index in [4.69, 9.17) is 10.5 Å². The van der Waals surface area contributed by atoms with Crippen LogP contribution in [0.4, 0.5) is 0 Å². The van der Waals surface area contributed by atoms with Crippen molar-refractivity contribution in [1.82, 2.24) is 15.1 Å². The van der Waals surface area contributed by atoms with Gasteiger partial charge in [0.25, 0.3) is 0 Å². The summed E-state index contributed by atoms with van der Waals surface area (Å²) >= 11 is 0. The molecule has 8 heteroatoms. The molecule has 0 aromatic heterocycles. The maximum atomic E-state index is 12.8. The largest absolute Gasteiger partial charge is 0.497 e. The van der Waals surface area contributed by atoms with E-state index >= 15 is 0 Å². The number of hydrogen-bond donors (Lipinski definition) is 2. The first-order valence-electron chi connectivity index (χ1n) is 8.69. The molecule has 0 radical (unpaired) electrons. The number of piperazine rings is 2. The molecule has 3 rings (SSSR count). The predicted octanol–water partition coefficient (Wildman–Crippen LogP) is -0.877. The Morgan fingerprint density at radius 3 is 2.62 bits per heavy atom. The number of nitrogens with one attached hydrogen (secondary N) is 1. The molecule has 1 aromatic rings. The lowest BCUT2D eigenvalue weighted by molar-refractivity contribution is -0.155. The third-order valence-corrected chi connectivity index (χ3v) is 4.88. The van der Waals surface area contributed by atoms with Crippen LogP contribution < -0.4 is 15.8 Å². The van der Waals surface area contributed by atoms with Crippen LogP contribution in [0.5, 0.6) is 5.75 Å². The highest BCUT2D eigenvalue weighted by atomic mass is 16.5. The van der Waals surface area contributed by atoms with Gasteiger partial charge in [-0.05, 0) is 24.6 Å². The second-order valence-corrected chi connectivity index (χ2v) is 6.73. The van der Waals surface area contributed by atoms with Crippen molar-refractivity contribution in [2.75, 3.05) is 26.7 Å². The Morgan fingerprint density at radius 1 is 1.31 bits per heavy atom. The molecule has 0 spiro atoms. The van der Waals surface area contributed by atoms with Crippen molar-refractivity contribution in [1.29, 1.82) is 0 Å². The number of nitrogens with zero attached hydrogens (tertiary/aromatic N) is 2. The molecular weight excluding hydrogens is 336 g/mol. The summed E-state index contributed by atoms with van der Waals surface area (Å²) in [5.74, 6) is 0.191. The highest BCUT2D eigenvalue weighted by Gasteiger charge is 2.44. The van der Waals surface area contributed by atoms with E-state index in [2.05, 4.69) is 5.32 Å². The van der Waals surface area contributed by atoms with Crippen molar-refractivity contribution >= 4 is 17.7 Å². The normalized spacial score (nSPS) is 24.0. The van der Waals surface area contributed by atoms with Gasteiger partial charge in [-0.1, -0.05) is 12.1 Å². The van der Waals surface area contributed by atoms with E-state index in [0.717, 1.165) is 11.3 Å². The lowest BCUT2D eigenvalue weighted by Gasteiger charge is -2.45. The molecule has 2 heterocycles. The number of rotatable bonds is 4. The number of hydrogen-bond acceptors (Lipinski definition) is 5. The van der Waals surface area contributed by atoms with Gasteiger partial charge in [0.1, 0.15) is 17.8 Å². The van der Waals surface area contributed by atoms with Crippen LogP contribution in [0, 0.1) is 0 Å². The van der Waals surface area contributed by atoms with E-state index in [1.54, 1.807) is 23.8 Å². The van der Waals surface area contributed by atoms with Crippen molar-refractivity contribution in [3.63, 3.8) is 0 Å². The lowest BCUT2D eigenvalue weighted by Crippen LogP contribution is -2.70. The maximum absolute atomic E-state index is 12.8. The van der Waals surface area contributed by atoms with Gasteiger partial charge in [0.05, 0.1) is 19.7 Å². The van der Waals surface area contributed by atoms with Crippen molar-refractivity contribution in [2.45, 2.75) is 31.5 Å². The molecule has 2 aliphatic rings. The van der Waals surface area contributed by atoms with E-state index in [1.165, 1.54) is 0 Å². The molecule has 0 aliphatic carbocycles. The van der Waals surface area contributed by atoms with Gasteiger partial charge in [0, 0.05) is 19.5 Å². The van der Waals surface area contributed by atoms with Crippen LogP contribution in [-0.2, 0) is 20.8 Å². The van der Waals surface area contributed by atoms with E-state index in [-0.39, 0.29) is 24.3 Å². The summed E-state index contributed by atoms with van der Waals surface area (Å²) in [6, 6.07) is 5.55. The van der Waals surface area contributed by atoms with Crippen LogP contribution in [0.25, 0.3) is 0 Å². The fraction of sp³-hybridized carbons (Fsp3) is 0.500. The Balaban J connectivity index is 1.68. The number of carbonyl (C=O) groups is 3. The van der Waals surface area contributed by atoms with Crippen molar-refractivity contribution in [3.8, 4) is 5.75 Å². The first kappa shape index (κ1) is 18.2. The quantitative estimate of drug-likeness (QED) is 0.726. The Labute approximate surface area is 152 Å². The van der Waals surface area contributed by atoms with E-state index in [9.17, 15) is 14.4 Å². The fourth-order valence-electron chi connectivity index (χ4n) is 3.42. The zero-order valence-corrected chi connectivity index (χ0v) is 15.0. The highest BCUT2D eigenvalue weighted by molar-refractivity contribution is 5.98. The monoisotopic (exact) mass is 360 g/mol. The third-order valence-electron chi connectivity index (χ3n) is 4.88. The fourth-order valence-corrected chi connectivity index (χ4v) is 3.42. The summed E-state index contributed by atoms with van der Waals surface area (Å²) in [6.45, 7) is 2.54. The van der Waals surface area contributed by atoms with Gasteiger partial charge in [-0.3, -0.25) is 14.4 Å². The molecule has 0 saturated carbocycles. The number of nitrogens with two attached hydrogens (primary N) is 1. The smallest absolute Gasteiger partial charge is 0.246 e. The number of fused-ring (bicyclic) bond motifs is 1. The molecular formula is C18H24N4O4. The lowest BCUT2D eigenvalue weighted by atomic mass is 9.98. The first-order chi connectivity index (χ1) is 12.4. The molecule has 140 valence electrons. The van der Waals surface area contributed by atoms with E-state index in [0.29, 0.717) is 19.5 Å². The number of amides is 3. The molecule has 3 atom stereocenters. The summed E-state index contributed by atoms with van der Waals surface area (Å²) in [4.78, 5) is 40.5. The summed E-state index contributed by atoms with van der Waals surface area (Å²) in [6.07, 6.45) is 0.417. The molecule has 2 aliphatic heterocycles. The van der Waals surface area contributed by atoms with Gasteiger partial charge in [-0.25, -0.2) is 0 Å². The van der Waals surface area contributed by atoms with E-state index in [1.807, 2.05) is 24.3 Å². The van der Waals surface area contributed by atoms with Gasteiger partial charge in [-0.2, -0.15) is 0 Å². The maximum Gasteiger partial charge on any atom is 0.246 e. The minimum Gasteiger partial charge on any atom is -0.497 e. The molecule has 3 amide bonds. The zero-order valence-electron chi connectivity index (χ0n) is 15.0. The Kier molecular flexibility index (Phi) is 5.13. The summed E-state index contributed by atoms with van der Waals surface area (Å²) in [5.41, 5.74) is 6.58. The average Bonchev–Trinajstić information content (AvgIpc) is 2.65. The topological polar surface area (TPSA) is 105 Å². The van der Waals surface area contributed by atoms with Gasteiger partial charge in [0.2, 0.25) is 17.7 Å². The van der Waals surface area contributed by atoms with Gasteiger partial charge >= 0.3 is 0 Å². The zero-order chi connectivity index (χ0) is 18.8. The van der Waals surface area contributed by atoms with E-state index < -0.39 is 18.1 Å². The predicted molar refractivity (Wildman–Crippen MR) is 94.4 cm³/mol. The molecule has 3 unspecified atom stereocenters. The van der Waals surface area contributed by atoms with Crippen molar-refractivity contribution < 1.29 is 19.1 Å². The van der Waals surface area contributed by atoms with Crippen LogP contribution in [0.2, 0.25) is 0 Å². The summed E-state index contributed by atoms with van der Waals surface area (Å²) in [5, 5.41) is 2.80. The number of ether oxygens (including phenoxy) is 1. The molecule has 3 N–H and O–H groups in total. The summed E-state index contributed by atoms with van der Waals surface area (Å²) < 4.78 is 5.13. The van der Waals surface area contributed by atoms with Crippen LogP contribution in [0.1, 0.15) is 12.5 Å². The highest BCUT2D eigenvalue weighted by Crippen LogP contribution is 2.20. The molecule has 8 nitrogen and oxygen atoms in total. The Morgan fingerprint density at radius 2 is 2.00 bits per heavy atom. The van der Waals surface area contributed by atoms with Crippen molar-refractivity contribution in [3.05, 3.63) is 29.8 Å². The number of benzene rings is 1. The minimum atomic E-state index is -0.647.